The van der Waals surface area contributed by atoms with Crippen LogP contribution in [0, 0.1) is 5.82 Å². The van der Waals surface area contributed by atoms with Gasteiger partial charge >= 0.3 is 12.0 Å². The molecule has 2 aromatic carbocycles. The molecule has 2 amide bonds. The Labute approximate surface area is 161 Å². The lowest BCUT2D eigenvalue weighted by Gasteiger charge is -2.36. The van der Waals surface area contributed by atoms with Crippen molar-refractivity contribution >= 4 is 35.0 Å². The number of methoxy groups -OCH3 is 1. The first kappa shape index (κ1) is 19.0. The molecule has 2 aromatic rings. The van der Waals surface area contributed by atoms with Crippen molar-refractivity contribution in [1.29, 1.82) is 0 Å². The van der Waals surface area contributed by atoms with Gasteiger partial charge in [0.25, 0.3) is 0 Å². The topological polar surface area (TPSA) is 61.9 Å². The Morgan fingerprint density at radius 2 is 1.74 bits per heavy atom. The summed E-state index contributed by atoms with van der Waals surface area (Å²) < 4.78 is 17.7. The van der Waals surface area contributed by atoms with E-state index in [1.54, 1.807) is 17.0 Å². The average Bonchev–Trinajstić information content (AvgIpc) is 2.69. The molecule has 0 unspecified atom stereocenters. The number of hydrogen-bond donors (Lipinski definition) is 1. The van der Waals surface area contributed by atoms with Gasteiger partial charge < -0.3 is 19.9 Å². The summed E-state index contributed by atoms with van der Waals surface area (Å²) in [5.41, 5.74) is 1.58. The van der Waals surface area contributed by atoms with E-state index in [9.17, 15) is 14.0 Å². The largest absolute Gasteiger partial charge is 0.465 e. The number of amides is 2. The van der Waals surface area contributed by atoms with Crippen molar-refractivity contribution in [1.82, 2.24) is 4.90 Å². The molecule has 8 heteroatoms. The maximum Gasteiger partial charge on any atom is 0.337 e. The van der Waals surface area contributed by atoms with Gasteiger partial charge in [0.2, 0.25) is 0 Å². The Morgan fingerprint density at radius 3 is 2.37 bits per heavy atom. The Bertz CT molecular complexity index is 837. The van der Waals surface area contributed by atoms with Gasteiger partial charge in [0.05, 0.1) is 23.4 Å². The van der Waals surface area contributed by atoms with Crippen LogP contribution in [0.2, 0.25) is 5.02 Å². The second-order valence-corrected chi connectivity index (χ2v) is 6.47. The molecule has 1 heterocycles. The van der Waals surface area contributed by atoms with E-state index >= 15 is 0 Å². The van der Waals surface area contributed by atoms with Crippen LogP contribution in [0.3, 0.4) is 0 Å². The van der Waals surface area contributed by atoms with E-state index in [1.807, 2.05) is 0 Å². The lowest BCUT2D eigenvalue weighted by molar-refractivity contribution is 0.0600. The SMILES string of the molecule is COC(=O)c1ccc(Cl)c(NC(=O)N2CCN(c3ccc(F)cc3)CC2)c1. The summed E-state index contributed by atoms with van der Waals surface area (Å²) in [4.78, 5) is 27.9. The molecule has 142 valence electrons. The van der Waals surface area contributed by atoms with Gasteiger partial charge in [0, 0.05) is 31.9 Å². The number of carbonyl (C=O) groups excluding carboxylic acids is 2. The number of piperazine rings is 1. The van der Waals surface area contributed by atoms with Gasteiger partial charge in [0.1, 0.15) is 5.82 Å². The number of rotatable bonds is 3. The van der Waals surface area contributed by atoms with Gasteiger partial charge in [-0.2, -0.15) is 0 Å². The van der Waals surface area contributed by atoms with Gasteiger partial charge in [-0.3, -0.25) is 0 Å². The van der Waals surface area contributed by atoms with Gasteiger partial charge in [-0.15, -0.1) is 0 Å². The van der Waals surface area contributed by atoms with Crippen molar-refractivity contribution in [3.05, 3.63) is 58.9 Å². The van der Waals surface area contributed by atoms with Crippen molar-refractivity contribution in [3.8, 4) is 0 Å². The number of anilines is 2. The van der Waals surface area contributed by atoms with Crippen molar-refractivity contribution in [2.75, 3.05) is 43.5 Å². The molecule has 0 aliphatic carbocycles. The van der Waals surface area contributed by atoms with Crippen molar-refractivity contribution in [2.24, 2.45) is 0 Å². The van der Waals surface area contributed by atoms with Gasteiger partial charge in [0.15, 0.2) is 0 Å². The zero-order valence-electron chi connectivity index (χ0n) is 14.7. The molecule has 6 nitrogen and oxygen atoms in total. The van der Waals surface area contributed by atoms with Crippen molar-refractivity contribution in [3.63, 3.8) is 0 Å². The van der Waals surface area contributed by atoms with Crippen molar-refractivity contribution in [2.45, 2.75) is 0 Å². The number of esters is 1. The third kappa shape index (κ3) is 4.49. The number of carbonyl (C=O) groups is 2. The summed E-state index contributed by atoms with van der Waals surface area (Å²) in [6, 6.07) is 10.6. The minimum atomic E-state index is -0.505. The van der Waals surface area contributed by atoms with E-state index in [4.69, 9.17) is 11.6 Å². The second-order valence-electron chi connectivity index (χ2n) is 6.07. The molecule has 0 saturated carbocycles. The second kappa shape index (κ2) is 8.26. The fraction of sp³-hybridized carbons (Fsp3) is 0.263. The predicted octanol–water partition coefficient (Wildman–Crippen LogP) is 3.62. The van der Waals surface area contributed by atoms with E-state index in [2.05, 4.69) is 15.0 Å². The first-order valence-electron chi connectivity index (χ1n) is 8.42. The normalized spacial score (nSPS) is 14.0. The molecule has 27 heavy (non-hydrogen) atoms. The third-order valence-electron chi connectivity index (χ3n) is 4.39. The maximum atomic E-state index is 13.0. The van der Waals surface area contributed by atoms with E-state index in [0.717, 1.165) is 5.69 Å². The highest BCUT2D eigenvalue weighted by atomic mass is 35.5. The quantitative estimate of drug-likeness (QED) is 0.812. The van der Waals surface area contributed by atoms with Gasteiger partial charge in [-0.05, 0) is 42.5 Å². The molecule has 3 rings (SSSR count). The number of nitrogens with zero attached hydrogens (tertiary/aromatic N) is 2. The maximum absolute atomic E-state index is 13.0. The Hall–Kier alpha value is -2.80. The summed E-state index contributed by atoms with van der Waals surface area (Å²) in [6.45, 7) is 2.29. The fourth-order valence-corrected chi connectivity index (χ4v) is 3.04. The zero-order valence-corrected chi connectivity index (χ0v) is 15.5. The third-order valence-corrected chi connectivity index (χ3v) is 4.72. The summed E-state index contributed by atoms with van der Waals surface area (Å²) in [5, 5.41) is 3.07. The number of ether oxygens (including phenoxy) is 1. The number of nitrogens with one attached hydrogen (secondary N) is 1. The summed E-state index contributed by atoms with van der Waals surface area (Å²) in [6.07, 6.45) is 0. The first-order chi connectivity index (χ1) is 13.0. The number of urea groups is 1. The first-order valence-corrected chi connectivity index (χ1v) is 8.80. The molecule has 1 aliphatic heterocycles. The zero-order chi connectivity index (χ0) is 19.4. The van der Waals surface area contributed by atoms with Crippen LogP contribution in [-0.2, 0) is 4.74 Å². The molecular weight excluding hydrogens is 373 g/mol. The summed E-state index contributed by atoms with van der Waals surface area (Å²) in [5.74, 6) is -0.780. The molecule has 0 atom stereocenters. The minimum absolute atomic E-state index is 0.275. The van der Waals surface area contributed by atoms with Crippen LogP contribution in [0.15, 0.2) is 42.5 Å². The van der Waals surface area contributed by atoms with E-state index in [-0.39, 0.29) is 11.8 Å². The van der Waals surface area contributed by atoms with E-state index < -0.39 is 5.97 Å². The monoisotopic (exact) mass is 391 g/mol. The Morgan fingerprint density at radius 1 is 1.07 bits per heavy atom. The molecule has 1 saturated heterocycles. The minimum Gasteiger partial charge on any atom is -0.465 e. The molecule has 0 spiro atoms. The predicted molar refractivity (Wildman–Crippen MR) is 102 cm³/mol. The molecule has 0 aromatic heterocycles. The van der Waals surface area contributed by atoms with Gasteiger partial charge in [-0.25, -0.2) is 14.0 Å². The van der Waals surface area contributed by atoms with Crippen LogP contribution in [0.25, 0.3) is 0 Å². The van der Waals surface area contributed by atoms with Crippen LogP contribution in [0.4, 0.5) is 20.6 Å². The molecule has 0 bridgehead atoms. The highest BCUT2D eigenvalue weighted by molar-refractivity contribution is 6.33. The van der Waals surface area contributed by atoms with Crippen LogP contribution >= 0.6 is 11.6 Å². The van der Waals surface area contributed by atoms with E-state index in [0.29, 0.717) is 42.5 Å². The molecular formula is C19H19ClFN3O3. The number of benzene rings is 2. The highest BCUT2D eigenvalue weighted by Crippen LogP contribution is 2.24. The van der Waals surface area contributed by atoms with Gasteiger partial charge in [-0.1, -0.05) is 11.6 Å². The summed E-state index contributed by atoms with van der Waals surface area (Å²) in [7, 11) is 1.29. The van der Waals surface area contributed by atoms with E-state index in [1.165, 1.54) is 37.4 Å². The summed E-state index contributed by atoms with van der Waals surface area (Å²) >= 11 is 6.12. The lowest BCUT2D eigenvalue weighted by atomic mass is 10.2. The van der Waals surface area contributed by atoms with Crippen LogP contribution in [0.1, 0.15) is 10.4 Å². The molecule has 0 radical (unpaired) electrons. The smallest absolute Gasteiger partial charge is 0.337 e. The number of hydrogen-bond acceptors (Lipinski definition) is 4. The molecule has 1 fully saturated rings. The van der Waals surface area contributed by atoms with Crippen molar-refractivity contribution < 1.29 is 18.7 Å². The number of halogens is 2. The lowest BCUT2D eigenvalue weighted by Crippen LogP contribution is -2.50. The molecule has 1 aliphatic rings. The standard InChI is InChI=1S/C19H19ClFN3O3/c1-27-18(25)13-2-7-16(20)17(12-13)22-19(26)24-10-8-23(9-11-24)15-5-3-14(21)4-6-15/h2-7,12H,8-11H2,1H3,(H,22,26). The van der Waals surface area contributed by atoms with Crippen LogP contribution in [-0.4, -0.2) is 50.2 Å². The van der Waals surface area contributed by atoms with Crippen LogP contribution < -0.4 is 10.2 Å². The fourth-order valence-electron chi connectivity index (χ4n) is 2.88. The average molecular weight is 392 g/mol. The highest BCUT2D eigenvalue weighted by Gasteiger charge is 2.22. The Balaban J connectivity index is 1.61. The Kier molecular flexibility index (Phi) is 5.81. The van der Waals surface area contributed by atoms with Crippen LogP contribution in [0.5, 0.6) is 0 Å². The molecule has 1 N–H and O–H groups in total.